The van der Waals surface area contributed by atoms with Gasteiger partial charge in [0.05, 0.1) is 13.2 Å². The van der Waals surface area contributed by atoms with Crippen LogP contribution in [-0.4, -0.2) is 31.1 Å². The first-order valence-corrected chi connectivity index (χ1v) is 8.91. The summed E-state index contributed by atoms with van der Waals surface area (Å²) in [6.45, 7) is 3.90. The van der Waals surface area contributed by atoms with E-state index in [2.05, 4.69) is 30.6 Å². The molecule has 3 nitrogen and oxygen atoms in total. The average Bonchev–Trinajstić information content (AvgIpc) is 2.50. The summed E-state index contributed by atoms with van der Waals surface area (Å²) in [6, 6.07) is 6.31. The largest absolute Gasteiger partial charge is 0.496 e. The van der Waals surface area contributed by atoms with Crippen molar-refractivity contribution in [3.63, 3.8) is 0 Å². The van der Waals surface area contributed by atoms with E-state index in [4.69, 9.17) is 4.74 Å². The molecule has 1 aromatic carbocycles. The summed E-state index contributed by atoms with van der Waals surface area (Å²) in [4.78, 5) is 1.17. The topological polar surface area (TPSA) is 41.5 Å². The van der Waals surface area contributed by atoms with Gasteiger partial charge >= 0.3 is 0 Å². The fraction of sp³-hybridized carbons (Fsp3) is 0.647. The van der Waals surface area contributed by atoms with Crippen LogP contribution >= 0.6 is 11.8 Å². The molecule has 1 aliphatic carbocycles. The molecule has 0 saturated heterocycles. The minimum atomic E-state index is -0.170. The molecule has 2 atom stereocenters. The highest BCUT2D eigenvalue weighted by atomic mass is 32.2. The zero-order valence-corrected chi connectivity index (χ0v) is 14.1. The van der Waals surface area contributed by atoms with Crippen molar-refractivity contribution in [1.82, 2.24) is 5.32 Å². The SMILES string of the molecule is COc1ccc(CNCC2(C)CCCCC2O)cc1SC. The Labute approximate surface area is 132 Å². The Bertz CT molecular complexity index is 466. The number of aliphatic hydroxyl groups is 1. The maximum absolute atomic E-state index is 10.2. The minimum absolute atomic E-state index is 0.0209. The van der Waals surface area contributed by atoms with Gasteiger partial charge in [-0.05, 0) is 36.8 Å². The molecule has 0 heterocycles. The van der Waals surface area contributed by atoms with Crippen LogP contribution in [0.2, 0.25) is 0 Å². The molecule has 0 amide bonds. The number of benzene rings is 1. The second-order valence-electron chi connectivity index (χ2n) is 6.21. The number of thioether (sulfide) groups is 1. The van der Waals surface area contributed by atoms with Crippen molar-refractivity contribution in [1.29, 1.82) is 0 Å². The lowest BCUT2D eigenvalue weighted by atomic mass is 9.73. The number of hydrogen-bond acceptors (Lipinski definition) is 4. The highest BCUT2D eigenvalue weighted by molar-refractivity contribution is 7.98. The smallest absolute Gasteiger partial charge is 0.132 e. The third-order valence-corrected chi connectivity index (χ3v) is 5.34. The molecule has 21 heavy (non-hydrogen) atoms. The van der Waals surface area contributed by atoms with Gasteiger partial charge < -0.3 is 15.2 Å². The number of aliphatic hydroxyl groups excluding tert-OH is 1. The Hall–Kier alpha value is -0.710. The van der Waals surface area contributed by atoms with Gasteiger partial charge in [-0.3, -0.25) is 0 Å². The highest BCUT2D eigenvalue weighted by Gasteiger charge is 2.34. The van der Waals surface area contributed by atoms with Gasteiger partial charge in [0.25, 0.3) is 0 Å². The molecule has 1 saturated carbocycles. The minimum Gasteiger partial charge on any atom is -0.496 e. The zero-order chi connectivity index (χ0) is 15.3. The molecule has 1 aliphatic rings. The molecule has 0 radical (unpaired) electrons. The second kappa shape index (κ2) is 7.52. The van der Waals surface area contributed by atoms with E-state index in [1.807, 2.05) is 6.07 Å². The Balaban J connectivity index is 1.91. The monoisotopic (exact) mass is 309 g/mol. The van der Waals surface area contributed by atoms with E-state index in [0.29, 0.717) is 0 Å². The molecule has 2 N–H and O–H groups in total. The van der Waals surface area contributed by atoms with Crippen LogP contribution in [0.1, 0.15) is 38.2 Å². The fourth-order valence-corrected chi connectivity index (χ4v) is 3.69. The first-order valence-electron chi connectivity index (χ1n) is 7.69. The molecule has 4 heteroatoms. The van der Waals surface area contributed by atoms with E-state index < -0.39 is 0 Å². The number of methoxy groups -OCH3 is 1. The summed E-state index contributed by atoms with van der Waals surface area (Å²) in [5.41, 5.74) is 1.28. The van der Waals surface area contributed by atoms with Crippen molar-refractivity contribution >= 4 is 11.8 Å². The first-order chi connectivity index (χ1) is 10.1. The Morgan fingerprint density at radius 1 is 1.43 bits per heavy atom. The van der Waals surface area contributed by atoms with Crippen molar-refractivity contribution in [2.24, 2.45) is 5.41 Å². The van der Waals surface area contributed by atoms with Gasteiger partial charge in [0, 0.05) is 23.4 Å². The van der Waals surface area contributed by atoms with Gasteiger partial charge in [0.2, 0.25) is 0 Å². The predicted octanol–water partition coefficient (Wildman–Crippen LogP) is 3.45. The van der Waals surface area contributed by atoms with Crippen LogP contribution in [0.5, 0.6) is 5.75 Å². The van der Waals surface area contributed by atoms with Crippen molar-refractivity contribution in [3.05, 3.63) is 23.8 Å². The van der Waals surface area contributed by atoms with Crippen LogP contribution in [0.25, 0.3) is 0 Å². The molecule has 2 rings (SSSR count). The normalized spacial score (nSPS) is 25.8. The number of rotatable bonds is 6. The molecule has 0 aliphatic heterocycles. The van der Waals surface area contributed by atoms with E-state index in [1.54, 1.807) is 18.9 Å². The lowest BCUT2D eigenvalue weighted by Gasteiger charge is -2.38. The number of hydrogen-bond donors (Lipinski definition) is 2. The van der Waals surface area contributed by atoms with Gasteiger partial charge in [0.15, 0.2) is 0 Å². The predicted molar refractivity (Wildman–Crippen MR) is 89.1 cm³/mol. The van der Waals surface area contributed by atoms with Crippen LogP contribution in [-0.2, 0) is 6.54 Å². The molecular weight excluding hydrogens is 282 g/mol. The van der Waals surface area contributed by atoms with E-state index in [9.17, 15) is 5.11 Å². The Morgan fingerprint density at radius 3 is 2.90 bits per heavy atom. The molecule has 1 aromatic rings. The van der Waals surface area contributed by atoms with Crippen molar-refractivity contribution < 1.29 is 9.84 Å². The van der Waals surface area contributed by atoms with Crippen LogP contribution in [0.4, 0.5) is 0 Å². The summed E-state index contributed by atoms with van der Waals surface area (Å²) in [7, 11) is 1.71. The van der Waals surface area contributed by atoms with Gasteiger partial charge in [-0.15, -0.1) is 11.8 Å². The van der Waals surface area contributed by atoms with Crippen molar-refractivity contribution in [3.8, 4) is 5.75 Å². The van der Waals surface area contributed by atoms with Crippen LogP contribution in [0, 0.1) is 5.41 Å². The average molecular weight is 309 g/mol. The second-order valence-corrected chi connectivity index (χ2v) is 7.06. The molecule has 118 valence electrons. The van der Waals surface area contributed by atoms with E-state index in [0.717, 1.165) is 38.1 Å². The summed E-state index contributed by atoms with van der Waals surface area (Å²) >= 11 is 1.70. The fourth-order valence-electron chi connectivity index (χ4n) is 3.07. The lowest BCUT2D eigenvalue weighted by molar-refractivity contribution is 0.00115. The lowest BCUT2D eigenvalue weighted by Crippen LogP contribution is -2.43. The maximum atomic E-state index is 10.2. The van der Waals surface area contributed by atoms with Crippen molar-refractivity contribution in [2.45, 2.75) is 50.2 Å². The highest BCUT2D eigenvalue weighted by Crippen LogP contribution is 2.35. The zero-order valence-electron chi connectivity index (χ0n) is 13.3. The third kappa shape index (κ3) is 4.15. The molecular formula is C17H27NO2S. The maximum Gasteiger partial charge on any atom is 0.132 e. The van der Waals surface area contributed by atoms with E-state index >= 15 is 0 Å². The molecule has 1 fully saturated rings. The summed E-state index contributed by atoms with van der Waals surface area (Å²) < 4.78 is 5.35. The van der Waals surface area contributed by atoms with E-state index in [1.165, 1.54) is 16.9 Å². The van der Waals surface area contributed by atoms with Crippen LogP contribution < -0.4 is 10.1 Å². The first kappa shape index (κ1) is 16.7. The molecule has 2 unspecified atom stereocenters. The molecule has 0 bridgehead atoms. The standard InChI is InChI=1S/C17H27NO2S/c1-17(9-5-4-6-16(17)19)12-18-11-13-7-8-14(20-2)15(10-13)21-3/h7-8,10,16,18-19H,4-6,9,11-12H2,1-3H3. The van der Waals surface area contributed by atoms with Gasteiger partial charge in [0.1, 0.15) is 5.75 Å². The summed E-state index contributed by atoms with van der Waals surface area (Å²) in [6.07, 6.45) is 6.34. The Morgan fingerprint density at radius 2 is 2.24 bits per heavy atom. The number of ether oxygens (including phenoxy) is 1. The molecule has 0 aromatic heterocycles. The van der Waals surface area contributed by atoms with Crippen molar-refractivity contribution in [2.75, 3.05) is 19.9 Å². The third-order valence-electron chi connectivity index (χ3n) is 4.59. The van der Waals surface area contributed by atoms with Gasteiger partial charge in [-0.25, -0.2) is 0 Å². The van der Waals surface area contributed by atoms with Gasteiger partial charge in [-0.2, -0.15) is 0 Å². The molecule has 0 spiro atoms. The Kier molecular flexibility index (Phi) is 5.97. The van der Waals surface area contributed by atoms with Gasteiger partial charge in [-0.1, -0.05) is 25.8 Å². The van der Waals surface area contributed by atoms with Crippen LogP contribution in [0.3, 0.4) is 0 Å². The van der Waals surface area contributed by atoms with Crippen LogP contribution in [0.15, 0.2) is 23.1 Å². The summed E-state index contributed by atoms with van der Waals surface area (Å²) in [5, 5.41) is 13.7. The summed E-state index contributed by atoms with van der Waals surface area (Å²) in [5.74, 6) is 0.931. The number of nitrogens with one attached hydrogen (secondary N) is 1. The quantitative estimate of drug-likeness (QED) is 0.790. The van der Waals surface area contributed by atoms with E-state index in [-0.39, 0.29) is 11.5 Å².